The molecule has 0 unspecified atom stereocenters. The first kappa shape index (κ1) is 21.2. The summed E-state index contributed by atoms with van der Waals surface area (Å²) >= 11 is 0. The molecule has 8 nitrogen and oxygen atoms in total. The van der Waals surface area contributed by atoms with Crippen LogP contribution in [0.3, 0.4) is 0 Å². The molecule has 8 heteroatoms. The van der Waals surface area contributed by atoms with Crippen LogP contribution in [0.15, 0.2) is 64.4 Å². The van der Waals surface area contributed by atoms with Crippen molar-refractivity contribution in [2.75, 3.05) is 0 Å². The van der Waals surface area contributed by atoms with E-state index < -0.39 is 11.6 Å². The highest BCUT2D eigenvalue weighted by molar-refractivity contribution is 6.03. The number of para-hydroxylation sites is 1. The van der Waals surface area contributed by atoms with Crippen LogP contribution in [-0.2, 0) is 28.3 Å². The molecule has 0 saturated carbocycles. The molecule has 2 aromatic carbocycles. The Labute approximate surface area is 199 Å². The quantitative estimate of drug-likeness (QED) is 0.310. The average Bonchev–Trinajstić information content (AvgIpc) is 3.24. The van der Waals surface area contributed by atoms with Gasteiger partial charge in [-0.1, -0.05) is 25.1 Å². The van der Waals surface area contributed by atoms with Gasteiger partial charge in [0.1, 0.15) is 12.4 Å². The Hall–Kier alpha value is -4.30. The summed E-state index contributed by atoms with van der Waals surface area (Å²) in [7, 11) is 0. The second-order valence-corrected chi connectivity index (χ2v) is 8.75. The number of phenolic OH excluding ortho intramolecular Hbond substituents is 1. The number of carbonyl (C=O) groups excluding carboxylic acids is 1. The number of carbonyl (C=O) groups is 1. The van der Waals surface area contributed by atoms with Gasteiger partial charge in [0.05, 0.1) is 34.7 Å². The number of aromatic nitrogens is 2. The number of nitrogens with zero attached hydrogens (tertiary/aromatic N) is 3. The van der Waals surface area contributed by atoms with Gasteiger partial charge >= 0.3 is 5.97 Å². The minimum absolute atomic E-state index is 0.0876. The van der Waals surface area contributed by atoms with Crippen LogP contribution < -0.4 is 5.56 Å². The molecule has 4 aromatic rings. The fraction of sp³-hybridized carbons (Fsp3) is 0.185. The molecule has 0 bridgehead atoms. The van der Waals surface area contributed by atoms with Crippen LogP contribution in [0.1, 0.15) is 35.6 Å². The highest BCUT2D eigenvalue weighted by atomic mass is 16.6. The second-order valence-electron chi connectivity index (χ2n) is 8.75. The van der Waals surface area contributed by atoms with Crippen molar-refractivity contribution < 1.29 is 19.7 Å². The molecule has 0 spiro atoms. The minimum atomic E-state index is -1.87. The largest absolute Gasteiger partial charge is 0.508 e. The van der Waals surface area contributed by atoms with Crippen LogP contribution in [-0.4, -0.2) is 31.9 Å². The van der Waals surface area contributed by atoms with Gasteiger partial charge in [-0.25, -0.2) is 9.78 Å². The summed E-state index contributed by atoms with van der Waals surface area (Å²) in [4.78, 5) is 35.3. The molecular formula is C27H21N3O5. The molecular weight excluding hydrogens is 446 g/mol. The first-order valence-corrected chi connectivity index (χ1v) is 11.3. The molecule has 2 aliphatic rings. The van der Waals surface area contributed by atoms with Gasteiger partial charge in [0.2, 0.25) is 0 Å². The van der Waals surface area contributed by atoms with E-state index in [9.17, 15) is 19.8 Å². The van der Waals surface area contributed by atoms with Crippen LogP contribution in [0.4, 0.5) is 5.69 Å². The number of ether oxygens (including phenoxy) is 1. The number of phenols is 1. The molecule has 1 atom stereocenters. The molecule has 0 aliphatic carbocycles. The smallest absolute Gasteiger partial charge is 0.343 e. The maximum absolute atomic E-state index is 13.5. The van der Waals surface area contributed by atoms with Gasteiger partial charge in [0.15, 0.2) is 5.60 Å². The normalized spacial score (nSPS) is 18.4. The van der Waals surface area contributed by atoms with Crippen molar-refractivity contribution in [3.63, 3.8) is 0 Å². The summed E-state index contributed by atoms with van der Waals surface area (Å²) < 4.78 is 6.77. The summed E-state index contributed by atoms with van der Waals surface area (Å²) in [6, 6.07) is 15.9. The maximum Gasteiger partial charge on any atom is 0.343 e. The highest BCUT2D eigenvalue weighted by Gasteiger charge is 2.45. The van der Waals surface area contributed by atoms with Crippen LogP contribution in [0.25, 0.3) is 22.3 Å². The predicted octanol–water partition coefficient (Wildman–Crippen LogP) is 3.54. The van der Waals surface area contributed by atoms with Crippen LogP contribution >= 0.6 is 0 Å². The van der Waals surface area contributed by atoms with Gasteiger partial charge in [-0.2, -0.15) is 0 Å². The zero-order valence-electron chi connectivity index (χ0n) is 18.9. The third-order valence-corrected chi connectivity index (χ3v) is 6.83. The van der Waals surface area contributed by atoms with Crippen LogP contribution in [0.5, 0.6) is 5.75 Å². The van der Waals surface area contributed by atoms with E-state index in [0.29, 0.717) is 17.1 Å². The van der Waals surface area contributed by atoms with E-state index in [4.69, 9.17) is 9.72 Å². The fourth-order valence-electron chi connectivity index (χ4n) is 4.89. The number of hydrogen-bond donors (Lipinski definition) is 2. The Balaban J connectivity index is 1.59. The van der Waals surface area contributed by atoms with E-state index in [2.05, 4.69) is 4.99 Å². The van der Waals surface area contributed by atoms with Crippen molar-refractivity contribution in [1.29, 1.82) is 0 Å². The zero-order valence-corrected chi connectivity index (χ0v) is 18.9. The molecule has 35 heavy (non-hydrogen) atoms. The van der Waals surface area contributed by atoms with Crippen molar-refractivity contribution in [1.82, 2.24) is 9.55 Å². The second kappa shape index (κ2) is 7.61. The van der Waals surface area contributed by atoms with E-state index in [0.717, 1.165) is 22.0 Å². The lowest BCUT2D eigenvalue weighted by molar-refractivity contribution is -0.172. The lowest BCUT2D eigenvalue weighted by atomic mass is 9.86. The Morgan fingerprint density at radius 1 is 1.14 bits per heavy atom. The summed E-state index contributed by atoms with van der Waals surface area (Å²) in [5.41, 5.74) is 2.64. The number of aliphatic imine (C=N–C) groups is 1. The number of aromatic hydroxyl groups is 1. The van der Waals surface area contributed by atoms with Gasteiger partial charge in [-0.05, 0) is 42.8 Å². The van der Waals surface area contributed by atoms with Crippen molar-refractivity contribution in [2.45, 2.75) is 32.1 Å². The van der Waals surface area contributed by atoms with Crippen molar-refractivity contribution in [3.8, 4) is 17.1 Å². The first-order chi connectivity index (χ1) is 16.9. The SMILES string of the molecule is CC[C@@]1(O)C(=O)OCc2c1cc1n(c2=O)Cc2c-1nc1ccccc1c2C=Nc1ccc(O)cc1. The molecule has 0 radical (unpaired) electrons. The number of esters is 1. The van der Waals surface area contributed by atoms with Crippen molar-refractivity contribution in [3.05, 3.63) is 87.2 Å². The zero-order chi connectivity index (χ0) is 24.3. The summed E-state index contributed by atoms with van der Waals surface area (Å²) in [6.45, 7) is 1.79. The number of fused-ring (bicyclic) bond motifs is 5. The first-order valence-electron chi connectivity index (χ1n) is 11.3. The highest BCUT2D eigenvalue weighted by Crippen LogP contribution is 2.39. The van der Waals surface area contributed by atoms with Gasteiger partial charge in [0, 0.05) is 28.3 Å². The average molecular weight is 467 g/mol. The lowest BCUT2D eigenvalue weighted by Gasteiger charge is -2.31. The molecule has 2 aromatic heterocycles. The van der Waals surface area contributed by atoms with Gasteiger partial charge in [-0.3, -0.25) is 9.79 Å². The summed E-state index contributed by atoms with van der Waals surface area (Å²) in [6.07, 6.45) is 1.84. The Kier molecular flexibility index (Phi) is 4.62. The summed E-state index contributed by atoms with van der Waals surface area (Å²) in [5.74, 6) is -0.587. The molecule has 2 N–H and O–H groups in total. The number of cyclic esters (lactones) is 1. The van der Waals surface area contributed by atoms with Crippen molar-refractivity contribution in [2.24, 2.45) is 4.99 Å². The Morgan fingerprint density at radius 3 is 2.69 bits per heavy atom. The van der Waals surface area contributed by atoms with Crippen LogP contribution in [0, 0.1) is 0 Å². The molecule has 0 fully saturated rings. The predicted molar refractivity (Wildman–Crippen MR) is 130 cm³/mol. The van der Waals surface area contributed by atoms with E-state index in [-0.39, 0.29) is 42.0 Å². The molecule has 0 amide bonds. The topological polar surface area (TPSA) is 114 Å². The molecule has 0 saturated heterocycles. The monoisotopic (exact) mass is 467 g/mol. The molecule has 4 heterocycles. The fourth-order valence-corrected chi connectivity index (χ4v) is 4.89. The van der Waals surface area contributed by atoms with E-state index in [1.165, 1.54) is 0 Å². The number of benzene rings is 2. The minimum Gasteiger partial charge on any atom is -0.508 e. The number of hydrogen-bond acceptors (Lipinski definition) is 7. The number of pyridine rings is 2. The van der Waals surface area contributed by atoms with Gasteiger partial charge < -0.3 is 19.5 Å². The number of rotatable bonds is 3. The number of aliphatic hydroxyl groups is 1. The third-order valence-electron chi connectivity index (χ3n) is 6.83. The molecule has 2 aliphatic heterocycles. The summed E-state index contributed by atoms with van der Waals surface area (Å²) in [5, 5.41) is 21.5. The Bertz CT molecular complexity index is 1620. The molecule has 174 valence electrons. The third kappa shape index (κ3) is 3.10. The maximum atomic E-state index is 13.5. The van der Waals surface area contributed by atoms with E-state index in [1.807, 2.05) is 24.3 Å². The van der Waals surface area contributed by atoms with Crippen molar-refractivity contribution >= 4 is 28.8 Å². The molecule has 6 rings (SSSR count). The van der Waals surface area contributed by atoms with Crippen LogP contribution in [0.2, 0.25) is 0 Å². The standard InChI is InChI=1S/C27H21N3O5/c1-2-27(34)21-11-23-24-19(13-30(23)25(32)20(21)14-35-26(27)33)18(17-5-3-4-6-22(17)29-24)12-28-15-7-9-16(31)10-8-15/h3-12,31,34H,2,13-14H2,1H3/t27-/m0/s1. The Morgan fingerprint density at radius 2 is 1.91 bits per heavy atom. The van der Waals surface area contributed by atoms with Gasteiger partial charge in [-0.15, -0.1) is 0 Å². The van der Waals surface area contributed by atoms with Gasteiger partial charge in [0.25, 0.3) is 5.56 Å². The van der Waals surface area contributed by atoms with E-state index >= 15 is 0 Å². The van der Waals surface area contributed by atoms with E-state index in [1.54, 1.807) is 48.0 Å². The lowest BCUT2D eigenvalue weighted by Crippen LogP contribution is -2.44.